The van der Waals surface area contributed by atoms with Crippen LogP contribution in [-0.2, 0) is 19.1 Å². The molecule has 7 rings (SSSR count). The molecule has 7 atom stereocenters. The van der Waals surface area contributed by atoms with Gasteiger partial charge in [0.25, 0.3) is 5.91 Å². The zero-order valence-corrected chi connectivity index (χ0v) is 33.4. The van der Waals surface area contributed by atoms with Crippen LogP contribution in [0.4, 0.5) is 4.79 Å². The Hall–Kier alpha value is -5.17. The lowest BCUT2D eigenvalue weighted by molar-refractivity contribution is -0.142. The SMILES string of the molecule is C=CC1CC1(NC(=O)OC(C)(C)C)C(=O)N1C[C@H](Oc2cc(-c3ccccc3)nc3cc(OC)ccc23)CC1C(=O)N[C@]1(C(=O)N/S(=C/C)C2CC2)C[C@H]1C=C. The lowest BCUT2D eigenvalue weighted by atomic mass is 10.1. The van der Waals surface area contributed by atoms with Crippen LogP contribution in [0, 0.1) is 11.8 Å². The molecule has 3 aliphatic carbocycles. The van der Waals surface area contributed by atoms with Crippen LogP contribution < -0.4 is 24.8 Å². The summed E-state index contributed by atoms with van der Waals surface area (Å²) < 4.78 is 21.0. The van der Waals surface area contributed by atoms with E-state index in [2.05, 4.69) is 28.5 Å². The van der Waals surface area contributed by atoms with Crippen molar-refractivity contribution >= 4 is 50.8 Å². The van der Waals surface area contributed by atoms with Crippen molar-refractivity contribution in [3.05, 3.63) is 79.9 Å². The minimum absolute atomic E-state index is 0.0409. The van der Waals surface area contributed by atoms with Gasteiger partial charge in [0.05, 0.1) is 24.9 Å². The molecule has 0 spiro atoms. The van der Waals surface area contributed by atoms with Crippen molar-refractivity contribution < 1.29 is 33.4 Å². The second kappa shape index (κ2) is 15.1. The second-order valence-electron chi connectivity index (χ2n) is 16.1. The number of ether oxygens (including phenoxy) is 3. The number of likely N-dealkylation sites (tertiary alicyclic amines) is 1. The largest absolute Gasteiger partial charge is 0.497 e. The fourth-order valence-corrected chi connectivity index (χ4v) is 9.35. The fourth-order valence-electron chi connectivity index (χ4n) is 7.64. The van der Waals surface area contributed by atoms with Gasteiger partial charge in [-0.1, -0.05) is 53.2 Å². The topological polar surface area (TPSA) is 148 Å². The van der Waals surface area contributed by atoms with E-state index in [9.17, 15) is 19.2 Å². The first kappa shape index (κ1) is 39.1. The molecule has 1 aliphatic heterocycles. The number of hydrogen-bond acceptors (Lipinski definition) is 8. The summed E-state index contributed by atoms with van der Waals surface area (Å²) >= 11 is 0. The molecule has 2 heterocycles. The normalized spacial score (nSPS) is 27.1. The van der Waals surface area contributed by atoms with Gasteiger partial charge in [-0.2, -0.15) is 0 Å². The van der Waals surface area contributed by atoms with Gasteiger partial charge in [-0.15, -0.1) is 13.2 Å². The summed E-state index contributed by atoms with van der Waals surface area (Å²) in [6, 6.07) is 16.1. The summed E-state index contributed by atoms with van der Waals surface area (Å²) in [6.07, 6.45) is 4.88. The van der Waals surface area contributed by atoms with Crippen molar-refractivity contribution in [1.82, 2.24) is 25.2 Å². The van der Waals surface area contributed by atoms with Crippen LogP contribution in [0.5, 0.6) is 11.5 Å². The van der Waals surface area contributed by atoms with E-state index in [4.69, 9.17) is 19.2 Å². The van der Waals surface area contributed by atoms with Crippen molar-refractivity contribution in [3.8, 4) is 22.8 Å². The van der Waals surface area contributed by atoms with Gasteiger partial charge in [-0.25, -0.2) is 9.78 Å². The molecule has 4 amide bonds. The Morgan fingerprint density at radius 3 is 2.27 bits per heavy atom. The molecule has 4 aliphatic rings. The monoisotopic (exact) mass is 781 g/mol. The van der Waals surface area contributed by atoms with Crippen molar-refractivity contribution in [2.75, 3.05) is 13.7 Å². The fraction of sp³-hybridized carbons (Fsp3) is 0.442. The molecular formula is C43H51N5O7S. The Bertz CT molecular complexity index is 2110. The number of hydrogen-bond donors (Lipinski definition) is 3. The van der Waals surface area contributed by atoms with Crippen LogP contribution in [-0.4, -0.2) is 86.8 Å². The molecule has 0 radical (unpaired) electrons. The molecule has 3 saturated carbocycles. The number of rotatable bonds is 13. The number of nitrogens with zero attached hydrogens (tertiary/aromatic N) is 2. The molecule has 4 fully saturated rings. The number of pyridine rings is 1. The first-order valence-electron chi connectivity index (χ1n) is 19.2. The molecule has 296 valence electrons. The van der Waals surface area contributed by atoms with Gasteiger partial charge in [0.2, 0.25) is 11.8 Å². The highest BCUT2D eigenvalue weighted by Gasteiger charge is 2.65. The van der Waals surface area contributed by atoms with Crippen LogP contribution in [0.15, 0.2) is 79.9 Å². The number of nitrogens with one attached hydrogen (secondary N) is 3. The quantitative estimate of drug-likeness (QED) is 0.140. The van der Waals surface area contributed by atoms with E-state index in [-0.39, 0.29) is 30.7 Å². The van der Waals surface area contributed by atoms with Crippen LogP contribution in [0.3, 0.4) is 0 Å². The molecule has 3 aromatic rings. The van der Waals surface area contributed by atoms with Gasteiger partial charge in [0.15, 0.2) is 0 Å². The predicted molar refractivity (Wildman–Crippen MR) is 218 cm³/mol. The lowest BCUT2D eigenvalue weighted by Crippen LogP contribution is -2.59. The number of amides is 4. The summed E-state index contributed by atoms with van der Waals surface area (Å²) in [6.45, 7) is 15.1. The van der Waals surface area contributed by atoms with Gasteiger partial charge >= 0.3 is 6.09 Å². The Kier molecular flexibility index (Phi) is 10.5. The van der Waals surface area contributed by atoms with E-state index in [1.807, 2.05) is 66.9 Å². The van der Waals surface area contributed by atoms with Crippen molar-refractivity contribution in [2.24, 2.45) is 11.8 Å². The Balaban J connectivity index is 1.21. The van der Waals surface area contributed by atoms with Crippen LogP contribution in [0.25, 0.3) is 22.2 Å². The molecule has 56 heavy (non-hydrogen) atoms. The molecule has 2 aromatic carbocycles. The number of carbonyl (C=O) groups excluding carboxylic acids is 4. The number of carbonyl (C=O) groups is 4. The predicted octanol–water partition coefficient (Wildman–Crippen LogP) is 6.07. The third kappa shape index (κ3) is 7.78. The molecule has 13 heteroatoms. The van der Waals surface area contributed by atoms with E-state index in [0.29, 0.717) is 40.8 Å². The van der Waals surface area contributed by atoms with Gasteiger partial charge in [0, 0.05) is 46.6 Å². The summed E-state index contributed by atoms with van der Waals surface area (Å²) in [7, 11) is 1.19. The third-order valence-electron chi connectivity index (χ3n) is 11.0. The molecule has 12 nitrogen and oxygen atoms in total. The number of methoxy groups -OCH3 is 1. The van der Waals surface area contributed by atoms with Gasteiger partial charge in [0.1, 0.15) is 40.3 Å². The molecule has 1 aromatic heterocycles. The molecular weight excluding hydrogens is 731 g/mol. The zero-order valence-electron chi connectivity index (χ0n) is 32.6. The van der Waals surface area contributed by atoms with Crippen molar-refractivity contribution in [2.45, 2.75) is 93.9 Å². The minimum Gasteiger partial charge on any atom is -0.497 e. The van der Waals surface area contributed by atoms with Crippen molar-refractivity contribution in [1.29, 1.82) is 0 Å². The number of benzene rings is 2. The average Bonchev–Trinajstić information content (AvgIpc) is 4.12. The zero-order chi connectivity index (χ0) is 40.0. The maximum absolute atomic E-state index is 14.8. The Morgan fingerprint density at radius 2 is 1.66 bits per heavy atom. The highest BCUT2D eigenvalue weighted by Crippen LogP contribution is 2.49. The van der Waals surface area contributed by atoms with E-state index in [1.165, 1.54) is 4.90 Å². The smallest absolute Gasteiger partial charge is 0.408 e. The highest BCUT2D eigenvalue weighted by molar-refractivity contribution is 8.14. The number of fused-ring (bicyclic) bond motifs is 1. The van der Waals surface area contributed by atoms with Crippen molar-refractivity contribution in [3.63, 3.8) is 0 Å². The van der Waals surface area contributed by atoms with E-state index >= 15 is 0 Å². The van der Waals surface area contributed by atoms with Gasteiger partial charge < -0.3 is 34.5 Å². The first-order chi connectivity index (χ1) is 26.7. The average molecular weight is 782 g/mol. The molecule has 3 N–H and O–H groups in total. The maximum atomic E-state index is 14.8. The molecule has 1 saturated heterocycles. The standard InChI is InChI=1S/C43H51N5O7S/c1-8-27-23-42(27,38(50)47-56(10-3)31-17-18-31)45-37(49)35-21-30(25-48(35)39(51)43(24-28(43)9-2)46-40(52)55-41(4,5)6)54-36-22-33(26-14-12-11-13-15-26)44-34-20-29(53-7)16-19-32(34)36/h8-16,19-20,22,27-28,30-31,35H,1-2,17-18,21,23-25H2,3-7H3,(H,45,49)(H,46,52)(H,47,50)/t27-,28?,30-,35?,42-,43?,56?/m1/s1. The first-order valence-corrected chi connectivity index (χ1v) is 20.5. The van der Waals surface area contributed by atoms with Gasteiger partial charge in [-0.05, 0) is 70.9 Å². The van der Waals surface area contributed by atoms with E-state index in [1.54, 1.807) is 40.0 Å². The molecule has 0 bridgehead atoms. The van der Waals surface area contributed by atoms with Crippen LogP contribution >= 0.6 is 10.7 Å². The summed E-state index contributed by atoms with van der Waals surface area (Å²) in [5, 5.41) is 9.06. The number of aromatic nitrogens is 1. The minimum atomic E-state index is -1.36. The Morgan fingerprint density at radius 1 is 0.964 bits per heavy atom. The highest BCUT2D eigenvalue weighted by atomic mass is 32.2. The second-order valence-corrected chi connectivity index (χ2v) is 18.2. The lowest BCUT2D eigenvalue weighted by Gasteiger charge is -2.31. The Labute approximate surface area is 330 Å². The summed E-state index contributed by atoms with van der Waals surface area (Å²) in [5.41, 5.74) is -1.12. The summed E-state index contributed by atoms with van der Waals surface area (Å²) in [5.74, 6) is -0.661. The molecule has 4 unspecified atom stereocenters. The number of alkyl carbamates (subject to hydrolysis) is 1. The van der Waals surface area contributed by atoms with E-state index < -0.39 is 57.4 Å². The summed E-state index contributed by atoms with van der Waals surface area (Å²) in [4.78, 5) is 62.8. The maximum Gasteiger partial charge on any atom is 0.408 e. The van der Waals surface area contributed by atoms with Gasteiger partial charge in [-0.3, -0.25) is 14.4 Å². The van der Waals surface area contributed by atoms with Crippen LogP contribution in [0.1, 0.15) is 59.8 Å². The van der Waals surface area contributed by atoms with Crippen LogP contribution in [0.2, 0.25) is 0 Å². The third-order valence-corrected chi connectivity index (χ3v) is 13.1. The van der Waals surface area contributed by atoms with E-state index in [0.717, 1.165) is 23.8 Å².